The molecule has 0 bridgehead atoms. The minimum Gasteiger partial charge on any atom is -0.376 e. The van der Waals surface area contributed by atoms with Gasteiger partial charge in [0.1, 0.15) is 18.0 Å². The number of hydrogen-bond acceptors (Lipinski definition) is 6. The molecule has 1 aromatic heterocycles. The molecule has 1 aliphatic heterocycles. The second-order valence-corrected chi connectivity index (χ2v) is 6.38. The van der Waals surface area contributed by atoms with E-state index in [9.17, 15) is 4.79 Å². The van der Waals surface area contributed by atoms with Crippen LogP contribution in [0.15, 0.2) is 6.20 Å². The van der Waals surface area contributed by atoms with Gasteiger partial charge in [-0.1, -0.05) is 13.8 Å². The molecule has 0 unspecified atom stereocenters. The minimum absolute atomic E-state index is 0.143. The van der Waals surface area contributed by atoms with Gasteiger partial charge in [-0.15, -0.1) is 0 Å². The number of nitrogens with zero attached hydrogens (tertiary/aromatic N) is 3. The lowest BCUT2D eigenvalue weighted by Gasteiger charge is -2.40. The largest absolute Gasteiger partial charge is 0.376 e. The standard InChI is InChI=1S/C17H27N3O4/c1-10(2)16-18-7-12(11(3)19-16)17(21)20(4)13-8-24-9-14(22-5)15(13)23-6/h7,10,13-15H,8-9H2,1-6H3/t13-,14-,15+/m1/s1. The van der Waals surface area contributed by atoms with E-state index in [-0.39, 0.29) is 30.1 Å². The number of likely N-dealkylation sites (N-methyl/N-ethyl adjacent to an activating group) is 1. The summed E-state index contributed by atoms with van der Waals surface area (Å²) >= 11 is 0. The molecule has 0 N–H and O–H groups in total. The number of hydrogen-bond donors (Lipinski definition) is 0. The van der Waals surface area contributed by atoms with Crippen LogP contribution in [0.25, 0.3) is 0 Å². The third kappa shape index (κ3) is 3.74. The highest BCUT2D eigenvalue weighted by molar-refractivity contribution is 5.95. The van der Waals surface area contributed by atoms with E-state index in [0.717, 1.165) is 5.82 Å². The van der Waals surface area contributed by atoms with E-state index < -0.39 is 0 Å². The highest BCUT2D eigenvalue weighted by Crippen LogP contribution is 2.21. The first kappa shape index (κ1) is 18.8. The molecule has 1 aromatic rings. The van der Waals surface area contributed by atoms with Crippen LogP contribution in [0.4, 0.5) is 0 Å². The Labute approximate surface area is 143 Å². The number of aryl methyl sites for hydroxylation is 1. The van der Waals surface area contributed by atoms with Crippen LogP contribution < -0.4 is 0 Å². The van der Waals surface area contributed by atoms with E-state index in [2.05, 4.69) is 9.97 Å². The van der Waals surface area contributed by atoms with Gasteiger partial charge in [0.15, 0.2) is 0 Å². The summed E-state index contributed by atoms with van der Waals surface area (Å²) in [5.41, 5.74) is 1.18. The fourth-order valence-electron chi connectivity index (χ4n) is 2.90. The summed E-state index contributed by atoms with van der Waals surface area (Å²) in [5.74, 6) is 0.815. The van der Waals surface area contributed by atoms with Crippen molar-refractivity contribution in [3.05, 3.63) is 23.3 Å². The maximum absolute atomic E-state index is 12.9. The highest BCUT2D eigenvalue weighted by Gasteiger charge is 2.39. The van der Waals surface area contributed by atoms with Crippen LogP contribution in [-0.4, -0.2) is 73.5 Å². The summed E-state index contributed by atoms with van der Waals surface area (Å²) in [7, 11) is 4.99. The zero-order chi connectivity index (χ0) is 17.9. The number of rotatable bonds is 5. The second kappa shape index (κ2) is 8.00. The average molecular weight is 337 g/mol. The second-order valence-electron chi connectivity index (χ2n) is 6.38. The molecule has 3 atom stereocenters. The van der Waals surface area contributed by atoms with Gasteiger partial charge in [-0.05, 0) is 6.92 Å². The van der Waals surface area contributed by atoms with Gasteiger partial charge in [-0.2, -0.15) is 0 Å². The molecule has 2 rings (SSSR count). The van der Waals surface area contributed by atoms with Gasteiger partial charge in [-0.25, -0.2) is 9.97 Å². The molecule has 1 amide bonds. The van der Waals surface area contributed by atoms with Crippen molar-refractivity contribution in [2.24, 2.45) is 0 Å². The topological polar surface area (TPSA) is 73.8 Å². The predicted molar refractivity (Wildman–Crippen MR) is 89.2 cm³/mol. The Hall–Kier alpha value is -1.57. The van der Waals surface area contributed by atoms with Crippen LogP contribution in [0, 0.1) is 6.92 Å². The average Bonchev–Trinajstić information content (AvgIpc) is 2.59. The third-order valence-corrected chi connectivity index (χ3v) is 4.45. The van der Waals surface area contributed by atoms with Crippen LogP contribution in [-0.2, 0) is 14.2 Å². The first-order valence-electron chi connectivity index (χ1n) is 8.14. The molecule has 1 aliphatic rings. The molecule has 134 valence electrons. The van der Waals surface area contributed by atoms with E-state index in [0.29, 0.717) is 24.5 Å². The number of aromatic nitrogens is 2. The lowest BCUT2D eigenvalue weighted by Crippen LogP contribution is -2.57. The third-order valence-electron chi connectivity index (χ3n) is 4.45. The molecular weight excluding hydrogens is 310 g/mol. The Balaban J connectivity index is 2.22. The maximum Gasteiger partial charge on any atom is 0.257 e. The molecule has 7 nitrogen and oxygen atoms in total. The summed E-state index contributed by atoms with van der Waals surface area (Å²) < 4.78 is 16.6. The molecule has 0 aliphatic carbocycles. The van der Waals surface area contributed by atoms with Gasteiger partial charge >= 0.3 is 0 Å². The molecule has 24 heavy (non-hydrogen) atoms. The zero-order valence-corrected chi connectivity index (χ0v) is 15.3. The summed E-state index contributed by atoms with van der Waals surface area (Å²) in [6.07, 6.45) is 1.16. The van der Waals surface area contributed by atoms with Crippen LogP contribution in [0.5, 0.6) is 0 Å². The van der Waals surface area contributed by atoms with Crippen molar-refractivity contribution in [1.29, 1.82) is 0 Å². The molecule has 1 saturated heterocycles. The molecule has 0 radical (unpaired) electrons. The Morgan fingerprint density at radius 3 is 2.58 bits per heavy atom. The number of amides is 1. The Kier molecular flexibility index (Phi) is 6.26. The van der Waals surface area contributed by atoms with Crippen molar-refractivity contribution in [2.75, 3.05) is 34.5 Å². The summed E-state index contributed by atoms with van der Waals surface area (Å²) in [6, 6.07) is -0.231. The molecule has 0 spiro atoms. The van der Waals surface area contributed by atoms with Crippen molar-refractivity contribution in [3.63, 3.8) is 0 Å². The van der Waals surface area contributed by atoms with Gasteiger partial charge in [-0.3, -0.25) is 4.79 Å². The molecular formula is C17H27N3O4. The number of carbonyl (C=O) groups is 1. The summed E-state index contributed by atoms with van der Waals surface area (Å²) in [5, 5.41) is 0. The SMILES string of the molecule is CO[C@H]1[C@H](N(C)C(=O)c2cnc(C(C)C)nc2C)COC[C@H]1OC. The highest BCUT2D eigenvalue weighted by atomic mass is 16.6. The number of carbonyl (C=O) groups excluding carboxylic acids is 1. The summed E-state index contributed by atoms with van der Waals surface area (Å²) in [4.78, 5) is 23.3. The van der Waals surface area contributed by atoms with E-state index in [4.69, 9.17) is 14.2 Å². The molecule has 0 aromatic carbocycles. The summed E-state index contributed by atoms with van der Waals surface area (Å²) in [6.45, 7) is 6.74. The monoisotopic (exact) mass is 337 g/mol. The molecule has 7 heteroatoms. The van der Waals surface area contributed by atoms with Crippen molar-refractivity contribution in [2.45, 2.75) is 44.9 Å². The number of ether oxygens (including phenoxy) is 3. The van der Waals surface area contributed by atoms with Crippen LogP contribution in [0.3, 0.4) is 0 Å². The maximum atomic E-state index is 12.9. The van der Waals surface area contributed by atoms with Crippen LogP contribution >= 0.6 is 0 Å². The fraction of sp³-hybridized carbons (Fsp3) is 0.706. The quantitative estimate of drug-likeness (QED) is 0.809. The van der Waals surface area contributed by atoms with E-state index in [1.165, 1.54) is 0 Å². The Morgan fingerprint density at radius 1 is 1.33 bits per heavy atom. The van der Waals surface area contributed by atoms with Crippen LogP contribution in [0.1, 0.15) is 41.6 Å². The van der Waals surface area contributed by atoms with Gasteiger partial charge in [0, 0.05) is 33.4 Å². The van der Waals surface area contributed by atoms with Gasteiger partial charge in [0.2, 0.25) is 0 Å². The molecule has 0 saturated carbocycles. The predicted octanol–water partition coefficient (Wildman–Crippen LogP) is 1.41. The first-order valence-corrected chi connectivity index (χ1v) is 8.14. The lowest BCUT2D eigenvalue weighted by atomic mass is 10.0. The van der Waals surface area contributed by atoms with Crippen molar-refractivity contribution in [1.82, 2.24) is 14.9 Å². The Morgan fingerprint density at radius 2 is 2.04 bits per heavy atom. The normalized spacial score (nSPS) is 24.2. The van der Waals surface area contributed by atoms with E-state index in [1.54, 1.807) is 32.4 Å². The minimum atomic E-state index is -0.242. The molecule has 1 fully saturated rings. The lowest BCUT2D eigenvalue weighted by molar-refractivity contribution is -0.147. The van der Waals surface area contributed by atoms with Crippen molar-refractivity contribution in [3.8, 4) is 0 Å². The molecule has 2 heterocycles. The van der Waals surface area contributed by atoms with Crippen LogP contribution in [0.2, 0.25) is 0 Å². The van der Waals surface area contributed by atoms with E-state index in [1.807, 2.05) is 20.8 Å². The van der Waals surface area contributed by atoms with Gasteiger partial charge in [0.25, 0.3) is 5.91 Å². The first-order chi connectivity index (χ1) is 11.4. The van der Waals surface area contributed by atoms with Gasteiger partial charge < -0.3 is 19.1 Å². The Bertz CT molecular complexity index is 579. The zero-order valence-electron chi connectivity index (χ0n) is 15.3. The number of methoxy groups -OCH3 is 2. The van der Waals surface area contributed by atoms with Crippen molar-refractivity contribution >= 4 is 5.91 Å². The van der Waals surface area contributed by atoms with Gasteiger partial charge in [0.05, 0.1) is 30.5 Å². The fourth-order valence-corrected chi connectivity index (χ4v) is 2.90. The van der Waals surface area contributed by atoms with Crippen molar-refractivity contribution < 1.29 is 19.0 Å². The smallest absolute Gasteiger partial charge is 0.257 e. The van der Waals surface area contributed by atoms with E-state index >= 15 is 0 Å².